The maximum atomic E-state index is 9.98. The van der Waals surface area contributed by atoms with Gasteiger partial charge in [-0.2, -0.15) is 0 Å². The van der Waals surface area contributed by atoms with Gasteiger partial charge in [0.15, 0.2) is 0 Å². The number of aromatic hydroxyl groups is 2. The van der Waals surface area contributed by atoms with Gasteiger partial charge in [-0.3, -0.25) is 4.90 Å². The number of piperazine rings is 1. The summed E-state index contributed by atoms with van der Waals surface area (Å²) in [7, 11) is 2.09. The normalized spacial score (nSPS) is 23.4. The van der Waals surface area contributed by atoms with Crippen LogP contribution in [-0.2, 0) is 0 Å². The molecule has 0 saturated carbocycles. The number of phenolic OH excluding ortho intramolecular Hbond substituents is 2. The fourth-order valence-corrected chi connectivity index (χ4v) is 2.88. The molecule has 1 aliphatic heterocycles. The van der Waals surface area contributed by atoms with Crippen LogP contribution >= 0.6 is 0 Å². The van der Waals surface area contributed by atoms with E-state index in [4.69, 9.17) is 5.73 Å². The number of phenols is 2. The van der Waals surface area contributed by atoms with Crippen molar-refractivity contribution in [2.45, 2.75) is 19.0 Å². The molecule has 0 bridgehead atoms. The molecule has 2 atom stereocenters. The summed E-state index contributed by atoms with van der Waals surface area (Å²) in [6.45, 7) is 5.34. The zero-order valence-corrected chi connectivity index (χ0v) is 11.6. The molecule has 1 aromatic carbocycles. The van der Waals surface area contributed by atoms with Crippen LogP contribution in [0.25, 0.3) is 0 Å². The summed E-state index contributed by atoms with van der Waals surface area (Å²) in [5.41, 5.74) is 6.44. The van der Waals surface area contributed by atoms with Crippen molar-refractivity contribution in [1.29, 1.82) is 0 Å². The predicted molar refractivity (Wildman–Crippen MR) is 75.2 cm³/mol. The van der Waals surface area contributed by atoms with Gasteiger partial charge in [-0.05, 0) is 26.1 Å². The van der Waals surface area contributed by atoms with Crippen LogP contribution in [0, 0.1) is 0 Å². The van der Waals surface area contributed by atoms with Crippen LogP contribution in [0.15, 0.2) is 18.2 Å². The molecule has 1 fully saturated rings. The van der Waals surface area contributed by atoms with Gasteiger partial charge in [-0.1, -0.05) is 6.07 Å². The van der Waals surface area contributed by atoms with Crippen LogP contribution in [0.3, 0.4) is 0 Å². The zero-order chi connectivity index (χ0) is 14.0. The molecule has 4 N–H and O–H groups in total. The van der Waals surface area contributed by atoms with Gasteiger partial charge >= 0.3 is 0 Å². The lowest BCUT2D eigenvalue weighted by atomic mass is 10.0. The highest BCUT2D eigenvalue weighted by Gasteiger charge is 2.30. The lowest BCUT2D eigenvalue weighted by Crippen LogP contribution is -2.55. The molecule has 1 aliphatic rings. The Bertz CT molecular complexity index is 418. The third-order valence-corrected chi connectivity index (χ3v) is 3.98. The Labute approximate surface area is 114 Å². The number of rotatable bonds is 3. The van der Waals surface area contributed by atoms with Crippen LogP contribution < -0.4 is 5.73 Å². The minimum absolute atomic E-state index is 0.0524. The van der Waals surface area contributed by atoms with Crippen molar-refractivity contribution in [3.63, 3.8) is 0 Å². The van der Waals surface area contributed by atoms with Gasteiger partial charge < -0.3 is 20.8 Å². The minimum atomic E-state index is -0.0524. The van der Waals surface area contributed by atoms with Gasteiger partial charge in [0, 0.05) is 38.3 Å². The van der Waals surface area contributed by atoms with E-state index in [0.29, 0.717) is 12.1 Å². The molecule has 1 heterocycles. The van der Waals surface area contributed by atoms with Crippen molar-refractivity contribution < 1.29 is 10.2 Å². The summed E-state index contributed by atoms with van der Waals surface area (Å²) >= 11 is 0. The minimum Gasteiger partial charge on any atom is -0.507 e. The number of likely N-dealkylation sites (N-methyl/N-ethyl adjacent to an activating group) is 1. The Balaban J connectivity index is 2.25. The van der Waals surface area contributed by atoms with E-state index in [9.17, 15) is 10.2 Å². The maximum absolute atomic E-state index is 9.98. The Morgan fingerprint density at radius 2 is 1.95 bits per heavy atom. The van der Waals surface area contributed by atoms with E-state index in [-0.39, 0.29) is 23.6 Å². The molecule has 0 radical (unpaired) electrons. The van der Waals surface area contributed by atoms with Crippen LogP contribution in [0.2, 0.25) is 0 Å². The van der Waals surface area contributed by atoms with Gasteiger partial charge in [0.25, 0.3) is 0 Å². The quantitative estimate of drug-likeness (QED) is 0.751. The Hall–Kier alpha value is -1.30. The molecule has 19 heavy (non-hydrogen) atoms. The van der Waals surface area contributed by atoms with Crippen LogP contribution in [0.1, 0.15) is 18.5 Å². The van der Waals surface area contributed by atoms with E-state index >= 15 is 0 Å². The zero-order valence-electron chi connectivity index (χ0n) is 11.6. The molecular weight excluding hydrogens is 242 g/mol. The summed E-state index contributed by atoms with van der Waals surface area (Å²) in [4.78, 5) is 4.51. The van der Waals surface area contributed by atoms with Crippen molar-refractivity contribution in [2.75, 3.05) is 33.2 Å². The number of hydrogen-bond donors (Lipinski definition) is 3. The first-order valence-electron chi connectivity index (χ1n) is 6.69. The first-order valence-corrected chi connectivity index (χ1v) is 6.69. The highest BCUT2D eigenvalue weighted by atomic mass is 16.3. The third kappa shape index (κ3) is 2.83. The largest absolute Gasteiger partial charge is 0.507 e. The number of hydrogen-bond acceptors (Lipinski definition) is 5. The van der Waals surface area contributed by atoms with Gasteiger partial charge in [-0.25, -0.2) is 0 Å². The number of nitrogens with zero attached hydrogens (tertiary/aromatic N) is 2. The molecule has 106 valence electrons. The summed E-state index contributed by atoms with van der Waals surface area (Å²) in [5, 5.41) is 20.0. The second kappa shape index (κ2) is 5.77. The molecule has 5 heteroatoms. The maximum Gasteiger partial charge on any atom is 0.124 e. The highest BCUT2D eigenvalue weighted by Crippen LogP contribution is 2.36. The van der Waals surface area contributed by atoms with Gasteiger partial charge in [-0.15, -0.1) is 0 Å². The van der Waals surface area contributed by atoms with Crippen molar-refractivity contribution >= 4 is 0 Å². The van der Waals surface area contributed by atoms with E-state index in [1.807, 2.05) is 6.92 Å². The molecule has 0 spiro atoms. The monoisotopic (exact) mass is 265 g/mol. The third-order valence-electron chi connectivity index (χ3n) is 3.98. The summed E-state index contributed by atoms with van der Waals surface area (Å²) in [5.74, 6) is 0.282. The van der Waals surface area contributed by atoms with Crippen molar-refractivity contribution in [3.05, 3.63) is 23.8 Å². The van der Waals surface area contributed by atoms with Crippen LogP contribution in [-0.4, -0.2) is 59.3 Å². The second-order valence-electron chi connectivity index (χ2n) is 5.28. The average Bonchev–Trinajstić information content (AvgIpc) is 2.38. The van der Waals surface area contributed by atoms with Gasteiger partial charge in [0.2, 0.25) is 0 Å². The molecule has 1 aromatic rings. The molecule has 1 saturated heterocycles. The molecule has 0 aromatic heterocycles. The van der Waals surface area contributed by atoms with Gasteiger partial charge in [0.05, 0.1) is 5.56 Å². The Morgan fingerprint density at radius 1 is 1.32 bits per heavy atom. The average molecular weight is 265 g/mol. The fraction of sp³-hybridized carbons (Fsp3) is 0.571. The van der Waals surface area contributed by atoms with Crippen molar-refractivity contribution in [3.8, 4) is 11.5 Å². The standard InChI is InChI=1S/C14H23N3O2/c1-10(14-12(18)4-3-5-13(14)19)17-7-6-16(2)9-11(17)8-15/h3-5,10-11,18-19H,6-9,15H2,1-2H3. The molecular formula is C14H23N3O2. The summed E-state index contributed by atoms with van der Waals surface area (Å²) in [6, 6.07) is 5.06. The SMILES string of the molecule is CC(c1c(O)cccc1O)N1CCN(C)CC1CN. The molecule has 0 amide bonds. The van der Waals surface area contributed by atoms with E-state index < -0.39 is 0 Å². The predicted octanol–water partition coefficient (Wildman–Crippen LogP) is 0.734. The lowest BCUT2D eigenvalue weighted by molar-refractivity contribution is 0.0604. The van der Waals surface area contributed by atoms with Crippen molar-refractivity contribution in [1.82, 2.24) is 9.80 Å². The summed E-state index contributed by atoms with van der Waals surface area (Å²) < 4.78 is 0. The summed E-state index contributed by atoms with van der Waals surface area (Å²) in [6.07, 6.45) is 0. The van der Waals surface area contributed by atoms with E-state index in [0.717, 1.165) is 19.6 Å². The fourth-order valence-electron chi connectivity index (χ4n) is 2.88. The number of nitrogens with two attached hydrogens (primary N) is 1. The van der Waals surface area contributed by atoms with E-state index in [1.165, 1.54) is 0 Å². The van der Waals surface area contributed by atoms with Crippen LogP contribution in [0.4, 0.5) is 0 Å². The van der Waals surface area contributed by atoms with E-state index in [1.54, 1.807) is 18.2 Å². The molecule has 0 aliphatic carbocycles. The van der Waals surface area contributed by atoms with E-state index in [2.05, 4.69) is 16.8 Å². The lowest BCUT2D eigenvalue weighted by Gasteiger charge is -2.43. The Kier molecular flexibility index (Phi) is 4.29. The molecule has 2 unspecified atom stereocenters. The number of benzene rings is 1. The van der Waals surface area contributed by atoms with Crippen LogP contribution in [0.5, 0.6) is 11.5 Å². The smallest absolute Gasteiger partial charge is 0.124 e. The van der Waals surface area contributed by atoms with Crippen molar-refractivity contribution in [2.24, 2.45) is 5.73 Å². The topological polar surface area (TPSA) is 73.0 Å². The first-order chi connectivity index (χ1) is 9.04. The highest BCUT2D eigenvalue weighted by molar-refractivity contribution is 5.45. The molecule has 2 rings (SSSR count). The first kappa shape index (κ1) is 14.1. The molecule has 5 nitrogen and oxygen atoms in total. The van der Waals surface area contributed by atoms with Gasteiger partial charge in [0.1, 0.15) is 11.5 Å². The Morgan fingerprint density at radius 3 is 2.53 bits per heavy atom. The second-order valence-corrected chi connectivity index (χ2v) is 5.28.